The Balaban J connectivity index is 2.83. The third kappa shape index (κ3) is 4.15. The van der Waals surface area contributed by atoms with Gasteiger partial charge >= 0.3 is 10.2 Å². The van der Waals surface area contributed by atoms with Gasteiger partial charge in [-0.2, -0.15) is 13.1 Å². The fraction of sp³-hybridized carbons (Fsp3) is 0.375. The van der Waals surface area contributed by atoms with Gasteiger partial charge in [0, 0.05) is 12.2 Å². The number of anilines is 1. The van der Waals surface area contributed by atoms with Crippen molar-refractivity contribution in [2.45, 2.75) is 19.9 Å². The molecular weight excluding hydrogens is 282 g/mol. The highest BCUT2D eigenvalue weighted by molar-refractivity contribution is 9.10. The largest absolute Gasteiger partial charge is 0.300 e. The average molecular weight is 294 g/mol. The Kier molecular flexibility index (Phi) is 4.06. The number of nitrogens with one attached hydrogen (secondary N) is 2. The van der Waals surface area contributed by atoms with Gasteiger partial charge in [0.2, 0.25) is 0 Å². The molecule has 7 heteroatoms. The molecule has 15 heavy (non-hydrogen) atoms. The fourth-order valence-corrected chi connectivity index (χ4v) is 2.51. The summed E-state index contributed by atoms with van der Waals surface area (Å²) in [4.78, 5) is 3.89. The summed E-state index contributed by atoms with van der Waals surface area (Å²) in [7, 11) is -3.55. The molecule has 0 amide bonds. The lowest BCUT2D eigenvalue weighted by Gasteiger charge is -2.11. The first-order valence-electron chi connectivity index (χ1n) is 4.31. The number of halogens is 1. The Bertz CT molecular complexity index is 433. The molecule has 0 aromatic carbocycles. The molecule has 0 atom stereocenters. The molecule has 2 N–H and O–H groups in total. The Morgan fingerprint density at radius 2 is 2.13 bits per heavy atom. The molecule has 0 aliphatic heterocycles. The van der Waals surface area contributed by atoms with Gasteiger partial charge in [-0.1, -0.05) is 0 Å². The zero-order valence-electron chi connectivity index (χ0n) is 8.36. The van der Waals surface area contributed by atoms with Gasteiger partial charge in [-0.05, 0) is 41.9 Å². The van der Waals surface area contributed by atoms with Crippen molar-refractivity contribution in [2.24, 2.45) is 0 Å². The quantitative estimate of drug-likeness (QED) is 0.884. The van der Waals surface area contributed by atoms with Gasteiger partial charge in [0.25, 0.3) is 0 Å². The molecule has 0 saturated carbocycles. The van der Waals surface area contributed by atoms with Crippen molar-refractivity contribution in [1.29, 1.82) is 0 Å². The van der Waals surface area contributed by atoms with E-state index in [0.717, 1.165) is 0 Å². The van der Waals surface area contributed by atoms with E-state index in [1.165, 1.54) is 6.20 Å². The SMILES string of the molecule is CC(C)NS(=O)(=O)Nc1ncccc1Br. The average Bonchev–Trinajstić information content (AvgIpc) is 2.06. The Morgan fingerprint density at radius 1 is 1.47 bits per heavy atom. The highest BCUT2D eigenvalue weighted by Crippen LogP contribution is 2.18. The summed E-state index contributed by atoms with van der Waals surface area (Å²) < 4.78 is 28.3. The molecule has 0 bridgehead atoms. The Hall–Kier alpha value is -0.660. The molecule has 0 spiro atoms. The van der Waals surface area contributed by atoms with Crippen LogP contribution in [0.3, 0.4) is 0 Å². The molecule has 0 unspecified atom stereocenters. The molecule has 1 aromatic heterocycles. The van der Waals surface area contributed by atoms with Crippen LogP contribution in [-0.2, 0) is 10.2 Å². The summed E-state index contributed by atoms with van der Waals surface area (Å²) >= 11 is 3.20. The van der Waals surface area contributed by atoms with E-state index in [9.17, 15) is 8.42 Å². The first kappa shape index (κ1) is 12.4. The molecule has 84 valence electrons. The lowest BCUT2D eigenvalue weighted by Crippen LogP contribution is -2.35. The number of rotatable bonds is 4. The van der Waals surface area contributed by atoms with Gasteiger partial charge < -0.3 is 0 Å². The third-order valence-corrected chi connectivity index (χ3v) is 3.26. The van der Waals surface area contributed by atoms with E-state index in [1.807, 2.05) is 0 Å². The molecule has 1 aromatic rings. The van der Waals surface area contributed by atoms with Crippen molar-refractivity contribution in [3.8, 4) is 0 Å². The number of nitrogens with zero attached hydrogens (tertiary/aromatic N) is 1. The minimum Gasteiger partial charge on any atom is -0.254 e. The minimum absolute atomic E-state index is 0.162. The van der Waals surface area contributed by atoms with Gasteiger partial charge in [-0.3, -0.25) is 4.72 Å². The van der Waals surface area contributed by atoms with Crippen LogP contribution < -0.4 is 9.44 Å². The van der Waals surface area contributed by atoms with Crippen molar-refractivity contribution >= 4 is 32.0 Å². The van der Waals surface area contributed by atoms with Gasteiger partial charge in [-0.25, -0.2) is 4.98 Å². The highest BCUT2D eigenvalue weighted by Gasteiger charge is 2.13. The maximum absolute atomic E-state index is 11.5. The Labute approximate surface area is 97.6 Å². The van der Waals surface area contributed by atoms with Crippen LogP contribution in [-0.4, -0.2) is 19.4 Å². The van der Waals surface area contributed by atoms with Crippen LogP contribution in [0.2, 0.25) is 0 Å². The second kappa shape index (κ2) is 4.91. The van der Waals surface area contributed by atoms with Crippen LogP contribution in [0, 0.1) is 0 Å². The van der Waals surface area contributed by atoms with Gasteiger partial charge in [0.1, 0.15) is 0 Å². The smallest absolute Gasteiger partial charge is 0.254 e. The van der Waals surface area contributed by atoms with Crippen LogP contribution in [0.15, 0.2) is 22.8 Å². The normalized spacial score (nSPS) is 11.7. The zero-order valence-corrected chi connectivity index (χ0v) is 10.8. The predicted molar refractivity (Wildman–Crippen MR) is 62.8 cm³/mol. The summed E-state index contributed by atoms with van der Waals surface area (Å²) in [5.41, 5.74) is 0. The minimum atomic E-state index is -3.55. The summed E-state index contributed by atoms with van der Waals surface area (Å²) in [6.45, 7) is 3.49. The van der Waals surface area contributed by atoms with Gasteiger partial charge in [0.15, 0.2) is 5.82 Å². The maximum atomic E-state index is 11.5. The molecule has 5 nitrogen and oxygen atoms in total. The number of hydrogen-bond acceptors (Lipinski definition) is 3. The summed E-state index contributed by atoms with van der Waals surface area (Å²) in [5.74, 6) is 0.269. The lowest BCUT2D eigenvalue weighted by molar-refractivity contribution is 0.575. The van der Waals surface area contributed by atoms with E-state index in [2.05, 4.69) is 30.4 Å². The molecule has 0 saturated heterocycles. The highest BCUT2D eigenvalue weighted by atomic mass is 79.9. The van der Waals surface area contributed by atoms with Crippen LogP contribution >= 0.6 is 15.9 Å². The van der Waals surface area contributed by atoms with E-state index >= 15 is 0 Å². The van der Waals surface area contributed by atoms with Crippen LogP contribution in [0.4, 0.5) is 5.82 Å². The molecule has 0 fully saturated rings. The molecule has 1 heterocycles. The summed E-state index contributed by atoms with van der Waals surface area (Å²) in [5, 5.41) is 0. The standard InChI is InChI=1S/C8H12BrN3O2S/c1-6(2)11-15(13,14)12-8-7(9)4-3-5-10-8/h3-6,11H,1-2H3,(H,10,12). The molecule has 0 radical (unpaired) electrons. The molecule has 1 rings (SSSR count). The zero-order chi connectivity index (χ0) is 11.5. The van der Waals surface area contributed by atoms with E-state index in [0.29, 0.717) is 4.47 Å². The van der Waals surface area contributed by atoms with E-state index in [1.54, 1.807) is 26.0 Å². The van der Waals surface area contributed by atoms with E-state index in [-0.39, 0.29) is 11.9 Å². The first-order chi connectivity index (χ1) is 6.91. The van der Waals surface area contributed by atoms with Gasteiger partial charge in [0.05, 0.1) is 4.47 Å². The second-order valence-electron chi connectivity index (χ2n) is 3.21. The van der Waals surface area contributed by atoms with Crippen LogP contribution in [0.1, 0.15) is 13.8 Å². The van der Waals surface area contributed by atoms with Crippen molar-refractivity contribution in [3.63, 3.8) is 0 Å². The van der Waals surface area contributed by atoms with Crippen molar-refractivity contribution in [2.75, 3.05) is 4.72 Å². The van der Waals surface area contributed by atoms with Crippen molar-refractivity contribution in [1.82, 2.24) is 9.71 Å². The fourth-order valence-electron chi connectivity index (χ4n) is 0.928. The molecule has 0 aliphatic carbocycles. The summed E-state index contributed by atoms with van der Waals surface area (Å²) in [6, 6.07) is 3.25. The number of hydrogen-bond donors (Lipinski definition) is 2. The van der Waals surface area contributed by atoms with E-state index < -0.39 is 10.2 Å². The predicted octanol–water partition coefficient (Wildman–Crippen LogP) is 1.50. The maximum Gasteiger partial charge on any atom is 0.300 e. The molecular formula is C8H12BrN3O2S. The monoisotopic (exact) mass is 293 g/mol. The van der Waals surface area contributed by atoms with Crippen molar-refractivity contribution in [3.05, 3.63) is 22.8 Å². The summed E-state index contributed by atoms with van der Waals surface area (Å²) in [6.07, 6.45) is 1.51. The first-order valence-corrected chi connectivity index (χ1v) is 6.59. The number of aromatic nitrogens is 1. The van der Waals surface area contributed by atoms with E-state index in [4.69, 9.17) is 0 Å². The second-order valence-corrected chi connectivity index (χ2v) is 5.51. The van der Waals surface area contributed by atoms with Crippen molar-refractivity contribution < 1.29 is 8.42 Å². The molecule has 0 aliphatic rings. The topological polar surface area (TPSA) is 71.1 Å². The van der Waals surface area contributed by atoms with Crippen LogP contribution in [0.5, 0.6) is 0 Å². The number of pyridine rings is 1. The van der Waals surface area contributed by atoms with Gasteiger partial charge in [-0.15, -0.1) is 0 Å². The third-order valence-electron chi connectivity index (χ3n) is 1.38. The Morgan fingerprint density at radius 3 is 2.67 bits per heavy atom. The van der Waals surface area contributed by atoms with Crippen LogP contribution in [0.25, 0.3) is 0 Å². The lowest BCUT2D eigenvalue weighted by atomic mass is 10.4.